The summed E-state index contributed by atoms with van der Waals surface area (Å²) in [4.78, 5) is 15.2. The monoisotopic (exact) mass is 575 g/mol. The molecular formula is C33H36F3N5O. The van der Waals surface area contributed by atoms with E-state index >= 15 is 0 Å². The van der Waals surface area contributed by atoms with Gasteiger partial charge in [0.1, 0.15) is 12.2 Å². The van der Waals surface area contributed by atoms with Gasteiger partial charge in [-0.25, -0.2) is 0 Å². The van der Waals surface area contributed by atoms with E-state index in [0.29, 0.717) is 24.2 Å². The molecule has 0 bridgehead atoms. The fraction of sp³-hybridized carbons (Fsp3) is 0.485. The number of nitrogens with one attached hydrogen (secondary N) is 1. The lowest BCUT2D eigenvalue weighted by Gasteiger charge is -2.46. The summed E-state index contributed by atoms with van der Waals surface area (Å²) in [6.45, 7) is 4.59. The first-order valence-corrected chi connectivity index (χ1v) is 14.6. The number of hydrogen-bond donors (Lipinski definition) is 1. The van der Waals surface area contributed by atoms with Crippen molar-refractivity contribution in [1.29, 1.82) is 0 Å². The molecular weight excluding hydrogens is 539 g/mol. The van der Waals surface area contributed by atoms with Crippen LogP contribution in [-0.4, -0.2) is 26.7 Å². The first kappa shape index (κ1) is 28.5. The molecule has 1 amide bonds. The van der Waals surface area contributed by atoms with Gasteiger partial charge >= 0.3 is 6.18 Å². The summed E-state index contributed by atoms with van der Waals surface area (Å²) in [7, 11) is 1.90. The van der Waals surface area contributed by atoms with E-state index in [2.05, 4.69) is 35.3 Å². The van der Waals surface area contributed by atoms with Gasteiger partial charge in [-0.05, 0) is 78.5 Å². The molecule has 3 aliphatic rings. The van der Waals surface area contributed by atoms with Crippen molar-refractivity contribution in [2.75, 3.05) is 4.90 Å². The van der Waals surface area contributed by atoms with Crippen LogP contribution in [0.3, 0.4) is 0 Å². The fourth-order valence-corrected chi connectivity index (χ4v) is 7.16. The van der Waals surface area contributed by atoms with Crippen molar-refractivity contribution in [3.8, 4) is 12.3 Å². The topological polar surface area (TPSA) is 63.1 Å². The molecule has 2 aliphatic carbocycles. The number of carbonyl (C=O) groups excluding carboxylic acids is 1. The number of alkyl halides is 3. The average molecular weight is 576 g/mol. The number of fused-ring (bicyclic) bond motifs is 1. The van der Waals surface area contributed by atoms with E-state index in [1.165, 1.54) is 11.0 Å². The highest BCUT2D eigenvalue weighted by molar-refractivity contribution is 6.10. The number of anilines is 1. The maximum atomic E-state index is 14.3. The molecule has 0 radical (unpaired) electrons. The first-order chi connectivity index (χ1) is 19.9. The molecule has 1 aromatic heterocycles. The second kappa shape index (κ2) is 10.3. The lowest BCUT2D eigenvalue weighted by atomic mass is 9.57. The van der Waals surface area contributed by atoms with E-state index in [4.69, 9.17) is 6.42 Å². The van der Waals surface area contributed by atoms with Crippen LogP contribution in [0.2, 0.25) is 0 Å². The standard InChI is InChI=1S/C33H36F3N5O/c1-5-21-14-32(15-21,17-29-39-38-20-40(29)4)23-7-6-8-25(13-23)41-19-27-26(30(41)42)11-22(12-28(27)33(34,35)36)18-37-24-9-10-31(2,3)16-24/h1,6-8,11-13,20-21,24,37H,9-10,14-19H2,2-4H3. The Labute approximate surface area is 244 Å². The van der Waals surface area contributed by atoms with Gasteiger partial charge in [-0.2, -0.15) is 13.2 Å². The molecule has 220 valence electrons. The van der Waals surface area contributed by atoms with Crippen LogP contribution in [0.1, 0.15) is 84.4 Å². The second-order valence-electron chi connectivity index (χ2n) is 13.2. The minimum absolute atomic E-state index is 0.0356. The van der Waals surface area contributed by atoms with E-state index in [-0.39, 0.29) is 40.5 Å². The number of nitrogens with zero attached hydrogens (tertiary/aromatic N) is 4. The predicted octanol–water partition coefficient (Wildman–Crippen LogP) is 6.19. The predicted molar refractivity (Wildman–Crippen MR) is 155 cm³/mol. The van der Waals surface area contributed by atoms with Gasteiger partial charge in [0, 0.05) is 48.6 Å². The van der Waals surface area contributed by atoms with E-state index < -0.39 is 17.6 Å². The van der Waals surface area contributed by atoms with Gasteiger partial charge in [0.25, 0.3) is 5.91 Å². The quantitative estimate of drug-likeness (QED) is 0.342. The zero-order valence-electron chi connectivity index (χ0n) is 24.3. The van der Waals surface area contributed by atoms with Crippen LogP contribution in [0.25, 0.3) is 0 Å². The molecule has 0 saturated heterocycles. The van der Waals surface area contributed by atoms with Gasteiger partial charge in [-0.1, -0.05) is 26.0 Å². The highest BCUT2D eigenvalue weighted by atomic mass is 19.4. The number of amides is 1. The normalized spacial score (nSPS) is 24.9. The van der Waals surface area contributed by atoms with Crippen LogP contribution in [0.4, 0.5) is 18.9 Å². The van der Waals surface area contributed by atoms with Crippen molar-refractivity contribution in [3.05, 3.63) is 76.4 Å². The van der Waals surface area contributed by atoms with Gasteiger partial charge in [-0.3, -0.25) is 4.79 Å². The number of benzene rings is 2. The third-order valence-electron chi connectivity index (χ3n) is 9.55. The van der Waals surface area contributed by atoms with Crippen molar-refractivity contribution in [2.24, 2.45) is 18.4 Å². The van der Waals surface area contributed by atoms with Crippen molar-refractivity contribution in [3.63, 3.8) is 0 Å². The molecule has 1 atom stereocenters. The maximum Gasteiger partial charge on any atom is 0.416 e. The van der Waals surface area contributed by atoms with Crippen LogP contribution in [-0.2, 0) is 38.1 Å². The maximum absolute atomic E-state index is 14.3. The summed E-state index contributed by atoms with van der Waals surface area (Å²) in [5.74, 6) is 3.41. The van der Waals surface area contributed by atoms with Gasteiger partial charge in [0.05, 0.1) is 12.1 Å². The zero-order chi connectivity index (χ0) is 29.9. The molecule has 2 heterocycles. The summed E-state index contributed by atoms with van der Waals surface area (Å²) in [6.07, 6.45) is 8.04. The summed E-state index contributed by atoms with van der Waals surface area (Å²) in [6, 6.07) is 10.7. The van der Waals surface area contributed by atoms with Gasteiger partial charge < -0.3 is 14.8 Å². The minimum Gasteiger partial charge on any atom is -0.321 e. The molecule has 2 saturated carbocycles. The SMILES string of the molecule is C#CC1CC(Cc2nncn2C)(c2cccc(N3Cc4c(cc(CNC5CCC(C)(C)C5)cc4C(F)(F)F)C3=O)c2)C1. The Morgan fingerprint density at radius 2 is 1.95 bits per heavy atom. The Balaban J connectivity index is 1.29. The Bertz CT molecular complexity index is 1560. The zero-order valence-corrected chi connectivity index (χ0v) is 24.3. The van der Waals surface area contributed by atoms with Crippen molar-refractivity contribution in [2.45, 2.75) is 83.1 Å². The lowest BCUT2D eigenvalue weighted by molar-refractivity contribution is -0.138. The molecule has 1 unspecified atom stereocenters. The highest BCUT2D eigenvalue weighted by Gasteiger charge is 2.46. The summed E-state index contributed by atoms with van der Waals surface area (Å²) < 4.78 is 44.8. The number of halogens is 3. The van der Waals surface area contributed by atoms with E-state index in [0.717, 1.165) is 43.5 Å². The molecule has 0 spiro atoms. The van der Waals surface area contributed by atoms with Crippen molar-refractivity contribution in [1.82, 2.24) is 20.1 Å². The Morgan fingerprint density at radius 1 is 1.17 bits per heavy atom. The summed E-state index contributed by atoms with van der Waals surface area (Å²) in [5, 5.41) is 11.7. The average Bonchev–Trinajstić information content (AvgIpc) is 3.59. The van der Waals surface area contributed by atoms with Crippen LogP contribution in [0.15, 0.2) is 42.7 Å². The summed E-state index contributed by atoms with van der Waals surface area (Å²) >= 11 is 0. The molecule has 9 heteroatoms. The Morgan fingerprint density at radius 3 is 2.60 bits per heavy atom. The third kappa shape index (κ3) is 5.22. The minimum atomic E-state index is -4.57. The van der Waals surface area contributed by atoms with Crippen LogP contribution in [0.5, 0.6) is 0 Å². The second-order valence-corrected chi connectivity index (χ2v) is 13.2. The third-order valence-corrected chi connectivity index (χ3v) is 9.55. The van der Waals surface area contributed by atoms with Crippen LogP contribution in [0, 0.1) is 23.7 Å². The van der Waals surface area contributed by atoms with Crippen LogP contribution < -0.4 is 10.2 Å². The number of terminal acetylenes is 1. The van der Waals surface area contributed by atoms with E-state index in [1.807, 2.05) is 29.8 Å². The molecule has 42 heavy (non-hydrogen) atoms. The molecule has 2 aromatic carbocycles. The van der Waals surface area contributed by atoms with Gasteiger partial charge in [-0.15, -0.1) is 22.5 Å². The largest absolute Gasteiger partial charge is 0.416 e. The van der Waals surface area contributed by atoms with E-state index in [9.17, 15) is 18.0 Å². The first-order valence-electron chi connectivity index (χ1n) is 14.6. The number of aromatic nitrogens is 3. The van der Waals surface area contributed by atoms with Gasteiger partial charge in [0.2, 0.25) is 0 Å². The smallest absolute Gasteiger partial charge is 0.321 e. The van der Waals surface area contributed by atoms with Crippen molar-refractivity contribution < 1.29 is 18.0 Å². The fourth-order valence-electron chi connectivity index (χ4n) is 7.16. The summed E-state index contributed by atoms with van der Waals surface area (Å²) in [5.41, 5.74) is 1.43. The lowest BCUT2D eigenvalue weighted by Crippen LogP contribution is -2.43. The molecule has 6 nitrogen and oxygen atoms in total. The molecule has 3 aromatic rings. The van der Waals surface area contributed by atoms with Crippen molar-refractivity contribution >= 4 is 11.6 Å². The van der Waals surface area contributed by atoms with Crippen LogP contribution >= 0.6 is 0 Å². The Hall–Kier alpha value is -3.64. The Kier molecular flexibility index (Phi) is 6.96. The highest BCUT2D eigenvalue weighted by Crippen LogP contribution is 2.50. The number of rotatable bonds is 7. The molecule has 1 aliphatic heterocycles. The molecule has 2 fully saturated rings. The van der Waals surface area contributed by atoms with Gasteiger partial charge in [0.15, 0.2) is 0 Å². The van der Waals surface area contributed by atoms with E-state index in [1.54, 1.807) is 18.5 Å². The molecule has 1 N–H and O–H groups in total. The molecule has 6 rings (SSSR count). The number of carbonyl (C=O) groups is 1. The number of hydrogen-bond acceptors (Lipinski definition) is 4. The number of aryl methyl sites for hydroxylation is 1.